The summed E-state index contributed by atoms with van der Waals surface area (Å²) in [6.45, 7) is 1.82. The standard InChI is InChI=1S/C23H22N2O9/c1-4-33-20(26)12-18(13-5-7-16(31-2)8-6-13)24-22(27)17-10-14-9-15(25(29)30)11-19(32-3)21(14)34-23(17)28/h5-11,18H,4,12H2,1-3H3,(H,24,27)/t18-/m1/s1. The summed E-state index contributed by atoms with van der Waals surface area (Å²) in [5, 5.41) is 14.0. The molecule has 2 aromatic carbocycles. The van der Waals surface area contributed by atoms with E-state index in [-0.39, 0.29) is 35.4 Å². The first-order chi connectivity index (χ1) is 16.3. The second kappa shape index (κ2) is 10.5. The molecule has 1 atom stereocenters. The molecular weight excluding hydrogens is 448 g/mol. The summed E-state index contributed by atoms with van der Waals surface area (Å²) in [4.78, 5) is 48.3. The van der Waals surface area contributed by atoms with Crippen molar-refractivity contribution in [2.45, 2.75) is 19.4 Å². The molecule has 11 nitrogen and oxygen atoms in total. The van der Waals surface area contributed by atoms with Gasteiger partial charge in [-0.05, 0) is 30.7 Å². The fourth-order valence-corrected chi connectivity index (χ4v) is 3.31. The minimum atomic E-state index is -0.971. The van der Waals surface area contributed by atoms with E-state index in [1.165, 1.54) is 20.3 Å². The maximum Gasteiger partial charge on any atom is 0.349 e. The Morgan fingerprint density at radius 2 is 1.82 bits per heavy atom. The number of ether oxygens (including phenoxy) is 3. The summed E-state index contributed by atoms with van der Waals surface area (Å²) in [5.74, 6) is -0.817. The summed E-state index contributed by atoms with van der Waals surface area (Å²) < 4.78 is 20.4. The summed E-state index contributed by atoms with van der Waals surface area (Å²) >= 11 is 0. The molecule has 0 unspecified atom stereocenters. The molecule has 0 bridgehead atoms. The predicted molar refractivity (Wildman–Crippen MR) is 120 cm³/mol. The lowest BCUT2D eigenvalue weighted by atomic mass is 10.0. The minimum absolute atomic E-state index is 0.0216. The maximum absolute atomic E-state index is 13.0. The Balaban J connectivity index is 1.99. The fraction of sp³-hybridized carbons (Fsp3) is 0.261. The van der Waals surface area contributed by atoms with Gasteiger partial charge in [0.15, 0.2) is 11.3 Å². The Morgan fingerprint density at radius 3 is 2.41 bits per heavy atom. The van der Waals surface area contributed by atoms with Crippen LogP contribution in [0.15, 0.2) is 51.7 Å². The van der Waals surface area contributed by atoms with Crippen molar-refractivity contribution in [1.29, 1.82) is 0 Å². The maximum atomic E-state index is 13.0. The van der Waals surface area contributed by atoms with Crippen molar-refractivity contribution in [3.05, 3.63) is 74.1 Å². The monoisotopic (exact) mass is 470 g/mol. The van der Waals surface area contributed by atoms with Crippen molar-refractivity contribution >= 4 is 28.5 Å². The van der Waals surface area contributed by atoms with E-state index in [0.29, 0.717) is 11.3 Å². The zero-order valence-electron chi connectivity index (χ0n) is 18.7. The van der Waals surface area contributed by atoms with Gasteiger partial charge in [0.25, 0.3) is 11.6 Å². The van der Waals surface area contributed by atoms with Crippen molar-refractivity contribution in [2.24, 2.45) is 0 Å². The molecule has 0 fully saturated rings. The summed E-state index contributed by atoms with van der Waals surface area (Å²) in [7, 11) is 2.78. The van der Waals surface area contributed by atoms with Gasteiger partial charge in [0, 0.05) is 11.5 Å². The Hall–Kier alpha value is -4.41. The Morgan fingerprint density at radius 1 is 1.12 bits per heavy atom. The fourth-order valence-electron chi connectivity index (χ4n) is 3.31. The van der Waals surface area contributed by atoms with Gasteiger partial charge in [0.1, 0.15) is 11.3 Å². The van der Waals surface area contributed by atoms with Gasteiger partial charge in [-0.15, -0.1) is 0 Å². The van der Waals surface area contributed by atoms with Gasteiger partial charge >= 0.3 is 11.6 Å². The molecule has 0 saturated heterocycles. The number of rotatable bonds is 9. The number of hydrogen-bond donors (Lipinski definition) is 1. The van der Waals surface area contributed by atoms with Crippen LogP contribution in [0.2, 0.25) is 0 Å². The molecule has 3 rings (SSSR count). The van der Waals surface area contributed by atoms with Crippen molar-refractivity contribution in [3.8, 4) is 11.5 Å². The molecule has 0 saturated carbocycles. The highest BCUT2D eigenvalue weighted by Gasteiger charge is 2.24. The number of nitrogens with zero attached hydrogens (tertiary/aromatic N) is 1. The number of benzene rings is 2. The van der Waals surface area contributed by atoms with Gasteiger partial charge in [-0.1, -0.05) is 12.1 Å². The van der Waals surface area contributed by atoms with E-state index < -0.39 is 34.0 Å². The number of esters is 1. The van der Waals surface area contributed by atoms with Gasteiger partial charge < -0.3 is 23.9 Å². The molecule has 0 spiro atoms. The smallest absolute Gasteiger partial charge is 0.349 e. The van der Waals surface area contributed by atoms with Crippen LogP contribution in [0.25, 0.3) is 11.0 Å². The Labute approximate surface area is 193 Å². The number of hydrogen-bond acceptors (Lipinski definition) is 9. The number of fused-ring (bicyclic) bond motifs is 1. The molecule has 1 N–H and O–H groups in total. The third-order valence-electron chi connectivity index (χ3n) is 4.96. The van der Waals surface area contributed by atoms with Crippen LogP contribution >= 0.6 is 0 Å². The molecule has 3 aromatic rings. The van der Waals surface area contributed by atoms with E-state index in [0.717, 1.165) is 12.1 Å². The first-order valence-electron chi connectivity index (χ1n) is 10.2. The number of carbonyl (C=O) groups is 2. The van der Waals surface area contributed by atoms with Crippen molar-refractivity contribution < 1.29 is 33.1 Å². The van der Waals surface area contributed by atoms with Crippen LogP contribution in [-0.2, 0) is 9.53 Å². The summed E-state index contributed by atoms with van der Waals surface area (Å²) in [6, 6.07) is 9.29. The molecule has 0 radical (unpaired) electrons. The lowest BCUT2D eigenvalue weighted by molar-refractivity contribution is -0.384. The van der Waals surface area contributed by atoms with E-state index in [4.69, 9.17) is 18.6 Å². The zero-order valence-corrected chi connectivity index (χ0v) is 18.7. The highest BCUT2D eigenvalue weighted by molar-refractivity contribution is 5.98. The number of nitro groups is 1. The molecule has 34 heavy (non-hydrogen) atoms. The number of carbonyl (C=O) groups excluding carboxylic acids is 2. The molecule has 0 aliphatic rings. The van der Waals surface area contributed by atoms with E-state index >= 15 is 0 Å². The van der Waals surface area contributed by atoms with Gasteiger partial charge in [0.2, 0.25) is 0 Å². The van der Waals surface area contributed by atoms with E-state index in [1.807, 2.05) is 0 Å². The van der Waals surface area contributed by atoms with Gasteiger partial charge in [0.05, 0.1) is 44.3 Å². The lowest BCUT2D eigenvalue weighted by Crippen LogP contribution is -2.33. The number of nitrogens with one attached hydrogen (secondary N) is 1. The number of non-ortho nitro benzene ring substituents is 1. The van der Waals surface area contributed by atoms with Crippen LogP contribution in [0.4, 0.5) is 5.69 Å². The second-order valence-corrected chi connectivity index (χ2v) is 7.08. The van der Waals surface area contributed by atoms with Crippen LogP contribution in [0.1, 0.15) is 35.3 Å². The summed E-state index contributed by atoms with van der Waals surface area (Å²) in [6.07, 6.45) is -0.190. The number of nitro benzene ring substituents is 1. The van der Waals surface area contributed by atoms with E-state index in [2.05, 4.69) is 5.32 Å². The molecule has 0 aliphatic carbocycles. The number of amides is 1. The van der Waals surface area contributed by atoms with Gasteiger partial charge in [-0.3, -0.25) is 19.7 Å². The normalized spacial score (nSPS) is 11.5. The highest BCUT2D eigenvalue weighted by atomic mass is 16.6. The Kier molecular flexibility index (Phi) is 7.46. The molecule has 178 valence electrons. The molecular formula is C23H22N2O9. The largest absolute Gasteiger partial charge is 0.497 e. The highest BCUT2D eigenvalue weighted by Crippen LogP contribution is 2.31. The first kappa shape index (κ1) is 24.2. The SMILES string of the molecule is CCOC(=O)C[C@@H](NC(=O)c1cc2cc([N+](=O)[O-])cc(OC)c2oc1=O)c1ccc(OC)cc1. The van der Waals surface area contributed by atoms with Gasteiger partial charge in [-0.2, -0.15) is 0 Å². The molecule has 11 heteroatoms. The van der Waals surface area contributed by atoms with Crippen molar-refractivity contribution in [3.63, 3.8) is 0 Å². The van der Waals surface area contributed by atoms with Crippen LogP contribution in [0.5, 0.6) is 11.5 Å². The average Bonchev–Trinajstić information content (AvgIpc) is 2.82. The van der Waals surface area contributed by atoms with Crippen molar-refractivity contribution in [1.82, 2.24) is 5.32 Å². The Bertz CT molecular complexity index is 1280. The summed E-state index contributed by atoms with van der Waals surface area (Å²) in [5.41, 5.74) is -1.13. The van der Waals surface area contributed by atoms with E-state index in [9.17, 15) is 24.5 Å². The molecule has 1 amide bonds. The zero-order chi connectivity index (χ0) is 24.8. The third-order valence-corrected chi connectivity index (χ3v) is 4.96. The van der Waals surface area contributed by atoms with Crippen LogP contribution in [0, 0.1) is 10.1 Å². The first-order valence-corrected chi connectivity index (χ1v) is 10.2. The molecule has 0 aliphatic heterocycles. The van der Waals surface area contributed by atoms with E-state index in [1.54, 1.807) is 31.2 Å². The van der Waals surface area contributed by atoms with Crippen LogP contribution in [0.3, 0.4) is 0 Å². The predicted octanol–water partition coefficient (Wildman–Crippen LogP) is 3.14. The lowest BCUT2D eigenvalue weighted by Gasteiger charge is -2.19. The topological polar surface area (TPSA) is 147 Å². The second-order valence-electron chi connectivity index (χ2n) is 7.08. The van der Waals surface area contributed by atoms with Crippen molar-refractivity contribution in [2.75, 3.05) is 20.8 Å². The third kappa shape index (κ3) is 5.31. The molecule has 1 aromatic heterocycles. The van der Waals surface area contributed by atoms with Gasteiger partial charge in [-0.25, -0.2) is 4.79 Å². The quantitative estimate of drug-likeness (QED) is 0.215. The minimum Gasteiger partial charge on any atom is -0.497 e. The number of methoxy groups -OCH3 is 2. The van der Waals surface area contributed by atoms with Crippen LogP contribution < -0.4 is 20.4 Å². The van der Waals surface area contributed by atoms with Crippen LogP contribution in [-0.4, -0.2) is 37.6 Å². The average molecular weight is 470 g/mol. The molecule has 1 heterocycles.